The minimum absolute atomic E-state index is 0.595. The maximum atomic E-state index is 6.06. The molecule has 1 aromatic heterocycles. The third-order valence-electron chi connectivity index (χ3n) is 2.69. The lowest BCUT2D eigenvalue weighted by atomic mass is 10.1. The Morgan fingerprint density at radius 2 is 2.57 bits per heavy atom. The van der Waals surface area contributed by atoms with Gasteiger partial charge in [0.15, 0.2) is 0 Å². The summed E-state index contributed by atoms with van der Waals surface area (Å²) in [4.78, 5) is 4.44. The fourth-order valence-electron chi connectivity index (χ4n) is 1.89. The molecule has 2 rings (SSSR count). The Morgan fingerprint density at radius 3 is 3.21 bits per heavy atom. The average Bonchev–Trinajstić information content (AvgIpc) is 2.77. The molecule has 1 unspecified atom stereocenters. The second-order valence-electron chi connectivity index (χ2n) is 3.77. The summed E-state index contributed by atoms with van der Waals surface area (Å²) in [6, 6.07) is 0. The fourth-order valence-corrected chi connectivity index (χ4v) is 3.12. The van der Waals surface area contributed by atoms with Crippen molar-refractivity contribution in [1.29, 1.82) is 0 Å². The highest BCUT2D eigenvalue weighted by molar-refractivity contribution is 7.99. The zero-order chi connectivity index (χ0) is 9.97. The number of thioether (sulfide) groups is 1. The molecule has 0 bridgehead atoms. The van der Waals surface area contributed by atoms with Crippen LogP contribution in [0.1, 0.15) is 31.4 Å². The van der Waals surface area contributed by atoms with Crippen molar-refractivity contribution in [3.63, 3.8) is 0 Å². The van der Waals surface area contributed by atoms with Crippen LogP contribution >= 0.6 is 11.8 Å². The highest BCUT2D eigenvalue weighted by Crippen LogP contribution is 2.34. The molecule has 4 heteroatoms. The maximum absolute atomic E-state index is 6.06. The van der Waals surface area contributed by atoms with Crippen molar-refractivity contribution in [1.82, 2.24) is 9.55 Å². The van der Waals surface area contributed by atoms with Crippen LogP contribution in [0.2, 0.25) is 0 Å². The molecule has 2 N–H and O–H groups in total. The number of nitrogen functional groups attached to an aromatic ring is 1. The van der Waals surface area contributed by atoms with E-state index in [0.717, 1.165) is 24.5 Å². The molecule has 1 saturated heterocycles. The SMILES string of the molecule is CCCn1cnc(C2CCSC2)c1N. The molecular formula is C10H17N3S. The Morgan fingerprint density at radius 1 is 1.71 bits per heavy atom. The van der Waals surface area contributed by atoms with E-state index in [4.69, 9.17) is 5.73 Å². The first-order valence-electron chi connectivity index (χ1n) is 5.21. The fraction of sp³-hybridized carbons (Fsp3) is 0.700. The van der Waals surface area contributed by atoms with E-state index in [1.54, 1.807) is 0 Å². The molecule has 1 fully saturated rings. The van der Waals surface area contributed by atoms with Crippen LogP contribution in [0, 0.1) is 0 Å². The number of aromatic nitrogens is 2. The quantitative estimate of drug-likeness (QED) is 0.832. The van der Waals surface area contributed by atoms with Crippen molar-refractivity contribution >= 4 is 17.6 Å². The molecule has 0 radical (unpaired) electrons. The molecule has 1 atom stereocenters. The van der Waals surface area contributed by atoms with Crippen molar-refractivity contribution in [2.45, 2.75) is 32.2 Å². The van der Waals surface area contributed by atoms with Gasteiger partial charge in [-0.1, -0.05) is 6.92 Å². The van der Waals surface area contributed by atoms with Crippen LogP contribution in [0.25, 0.3) is 0 Å². The van der Waals surface area contributed by atoms with Gasteiger partial charge in [-0.3, -0.25) is 0 Å². The minimum Gasteiger partial charge on any atom is -0.384 e. The maximum Gasteiger partial charge on any atom is 0.126 e. The third-order valence-corrected chi connectivity index (χ3v) is 3.85. The summed E-state index contributed by atoms with van der Waals surface area (Å²) in [5, 5.41) is 0. The van der Waals surface area contributed by atoms with Gasteiger partial charge in [0.05, 0.1) is 12.0 Å². The first-order valence-corrected chi connectivity index (χ1v) is 6.36. The second kappa shape index (κ2) is 4.26. The van der Waals surface area contributed by atoms with Crippen LogP contribution in [-0.4, -0.2) is 21.1 Å². The molecule has 0 spiro atoms. The van der Waals surface area contributed by atoms with Crippen molar-refractivity contribution in [3.05, 3.63) is 12.0 Å². The van der Waals surface area contributed by atoms with Gasteiger partial charge in [-0.05, 0) is 18.6 Å². The molecule has 2 heterocycles. The number of aryl methyl sites for hydroxylation is 1. The molecule has 0 aromatic carbocycles. The molecule has 1 aliphatic heterocycles. The van der Waals surface area contributed by atoms with Gasteiger partial charge in [0.25, 0.3) is 0 Å². The van der Waals surface area contributed by atoms with E-state index in [1.165, 1.54) is 17.9 Å². The lowest BCUT2D eigenvalue weighted by molar-refractivity contribution is 0.684. The van der Waals surface area contributed by atoms with E-state index in [1.807, 2.05) is 18.1 Å². The molecule has 3 nitrogen and oxygen atoms in total. The summed E-state index contributed by atoms with van der Waals surface area (Å²) >= 11 is 2.00. The summed E-state index contributed by atoms with van der Waals surface area (Å²) in [5.41, 5.74) is 7.19. The molecule has 0 amide bonds. The van der Waals surface area contributed by atoms with Crippen LogP contribution in [0.5, 0.6) is 0 Å². The Bertz CT molecular complexity index is 302. The summed E-state index contributed by atoms with van der Waals surface area (Å²) in [7, 11) is 0. The lowest BCUT2D eigenvalue weighted by Gasteiger charge is -2.07. The van der Waals surface area contributed by atoms with Gasteiger partial charge in [0, 0.05) is 18.2 Å². The van der Waals surface area contributed by atoms with Gasteiger partial charge in [-0.25, -0.2) is 4.98 Å². The number of hydrogen-bond donors (Lipinski definition) is 1. The molecule has 0 saturated carbocycles. The van der Waals surface area contributed by atoms with Gasteiger partial charge in [0.1, 0.15) is 5.82 Å². The van der Waals surface area contributed by atoms with E-state index in [-0.39, 0.29) is 0 Å². The minimum atomic E-state index is 0.595. The van der Waals surface area contributed by atoms with E-state index in [0.29, 0.717) is 5.92 Å². The number of rotatable bonds is 3. The number of anilines is 1. The smallest absolute Gasteiger partial charge is 0.126 e. The van der Waals surface area contributed by atoms with Crippen LogP contribution in [0.15, 0.2) is 6.33 Å². The first-order chi connectivity index (χ1) is 6.83. The molecule has 1 aliphatic rings. The Hall–Kier alpha value is -0.640. The number of hydrogen-bond acceptors (Lipinski definition) is 3. The average molecular weight is 211 g/mol. The molecule has 78 valence electrons. The zero-order valence-electron chi connectivity index (χ0n) is 8.57. The van der Waals surface area contributed by atoms with Crippen molar-refractivity contribution in [2.24, 2.45) is 0 Å². The monoisotopic (exact) mass is 211 g/mol. The van der Waals surface area contributed by atoms with Crippen LogP contribution in [0.3, 0.4) is 0 Å². The van der Waals surface area contributed by atoms with E-state index >= 15 is 0 Å². The number of imidazole rings is 1. The molecule has 1 aromatic rings. The molecular weight excluding hydrogens is 194 g/mol. The number of nitrogens with zero attached hydrogens (tertiary/aromatic N) is 2. The summed E-state index contributed by atoms with van der Waals surface area (Å²) in [6.45, 7) is 3.14. The molecule has 0 aliphatic carbocycles. The Balaban J connectivity index is 2.17. The highest BCUT2D eigenvalue weighted by atomic mass is 32.2. The van der Waals surface area contributed by atoms with Gasteiger partial charge < -0.3 is 10.3 Å². The van der Waals surface area contributed by atoms with Crippen LogP contribution < -0.4 is 5.73 Å². The van der Waals surface area contributed by atoms with Crippen LogP contribution in [0.4, 0.5) is 5.82 Å². The normalized spacial score (nSPS) is 21.6. The number of nitrogens with two attached hydrogens (primary N) is 1. The summed E-state index contributed by atoms with van der Waals surface area (Å²) in [5.74, 6) is 3.93. The summed E-state index contributed by atoms with van der Waals surface area (Å²) < 4.78 is 2.07. The van der Waals surface area contributed by atoms with Crippen molar-refractivity contribution in [3.8, 4) is 0 Å². The highest BCUT2D eigenvalue weighted by Gasteiger charge is 2.22. The topological polar surface area (TPSA) is 43.8 Å². The van der Waals surface area contributed by atoms with Crippen molar-refractivity contribution in [2.75, 3.05) is 17.2 Å². The van der Waals surface area contributed by atoms with E-state index in [9.17, 15) is 0 Å². The third kappa shape index (κ3) is 1.75. The second-order valence-corrected chi connectivity index (χ2v) is 4.92. The van der Waals surface area contributed by atoms with E-state index < -0.39 is 0 Å². The van der Waals surface area contributed by atoms with Gasteiger partial charge in [-0.15, -0.1) is 0 Å². The van der Waals surface area contributed by atoms with Crippen molar-refractivity contribution < 1.29 is 0 Å². The van der Waals surface area contributed by atoms with Gasteiger partial charge in [-0.2, -0.15) is 11.8 Å². The largest absolute Gasteiger partial charge is 0.384 e. The van der Waals surface area contributed by atoms with E-state index in [2.05, 4.69) is 16.5 Å². The predicted molar refractivity (Wildman–Crippen MR) is 61.6 cm³/mol. The standard InChI is InChI=1S/C10H17N3S/c1-2-4-13-7-12-9(10(13)11)8-3-5-14-6-8/h7-8H,2-6,11H2,1H3. The Kier molecular flexibility index (Phi) is 3.01. The zero-order valence-corrected chi connectivity index (χ0v) is 9.39. The molecule has 14 heavy (non-hydrogen) atoms. The first kappa shape index (κ1) is 9.90. The van der Waals surface area contributed by atoms with Gasteiger partial charge in [0.2, 0.25) is 0 Å². The predicted octanol–water partition coefficient (Wildman–Crippen LogP) is 2.10. The van der Waals surface area contributed by atoms with Crippen LogP contribution in [-0.2, 0) is 6.54 Å². The summed E-state index contributed by atoms with van der Waals surface area (Å²) in [6.07, 6.45) is 4.23. The Labute approximate surface area is 89.1 Å². The lowest BCUT2D eigenvalue weighted by Crippen LogP contribution is -2.05. The van der Waals surface area contributed by atoms with Gasteiger partial charge >= 0.3 is 0 Å².